The minimum absolute atomic E-state index is 0.131. The lowest BCUT2D eigenvalue weighted by Gasteiger charge is -2.38. The van der Waals surface area contributed by atoms with Crippen LogP contribution in [0.3, 0.4) is 0 Å². The fraction of sp³-hybridized carbons (Fsp3) is 0.429. The summed E-state index contributed by atoms with van der Waals surface area (Å²) >= 11 is 0. The molecule has 0 spiro atoms. The van der Waals surface area contributed by atoms with Crippen molar-refractivity contribution in [3.8, 4) is 0 Å². The maximum absolute atomic E-state index is 13.5. The van der Waals surface area contributed by atoms with Crippen LogP contribution in [0.25, 0.3) is 0 Å². The van der Waals surface area contributed by atoms with Crippen LogP contribution in [0.4, 0.5) is 16.2 Å². The van der Waals surface area contributed by atoms with Crippen molar-refractivity contribution in [2.45, 2.75) is 51.5 Å². The fourth-order valence-corrected chi connectivity index (χ4v) is 6.18. The lowest BCUT2D eigenvalue weighted by molar-refractivity contribution is 0.0931. The first-order chi connectivity index (χ1) is 20.6. The first kappa shape index (κ1) is 29.6. The molecule has 2 fully saturated rings. The summed E-state index contributed by atoms with van der Waals surface area (Å²) in [5, 5.41) is 9.02. The minimum Gasteiger partial charge on any atom is -0.372 e. The maximum atomic E-state index is 13.5. The predicted octanol–water partition coefficient (Wildman–Crippen LogP) is 6.44. The number of carbonyl (C=O) groups excluding carboxylic acids is 2. The highest BCUT2D eigenvalue weighted by atomic mass is 16.2. The average Bonchev–Trinajstić information content (AvgIpc) is 3.57. The largest absolute Gasteiger partial charge is 0.372 e. The van der Waals surface area contributed by atoms with Crippen LogP contribution in [0.5, 0.6) is 0 Å². The number of unbranched alkanes of at least 4 members (excludes halogenated alkanes) is 1. The first-order valence-corrected chi connectivity index (χ1v) is 15.7. The summed E-state index contributed by atoms with van der Waals surface area (Å²) in [5.74, 6) is 0.279. The molecular formula is C35H45N5O2. The van der Waals surface area contributed by atoms with Gasteiger partial charge in [-0.15, -0.1) is 0 Å². The van der Waals surface area contributed by atoms with E-state index in [2.05, 4.69) is 93.3 Å². The zero-order chi connectivity index (χ0) is 29.1. The van der Waals surface area contributed by atoms with E-state index in [1.807, 2.05) is 18.2 Å². The molecule has 2 aliphatic rings. The number of carbonyl (C=O) groups is 2. The van der Waals surface area contributed by atoms with E-state index in [1.54, 1.807) is 0 Å². The van der Waals surface area contributed by atoms with E-state index < -0.39 is 0 Å². The standard InChI is InChI=1S/C35H45N5O2/c1-2-3-20-36-35(42)38-32-17-16-30(39-21-10-11-22-39)25-31(32)34(41)37-26-27-18-23-40(24-19-27)33(28-12-6-4-7-13-28)29-14-8-5-9-15-29/h4-9,12-17,25,27,33H,2-3,10-11,18-24,26H2,1H3,(H,37,41)(H2,36,38,42). The summed E-state index contributed by atoms with van der Waals surface area (Å²) in [6, 6.07) is 27.2. The van der Waals surface area contributed by atoms with Gasteiger partial charge in [-0.1, -0.05) is 74.0 Å². The summed E-state index contributed by atoms with van der Waals surface area (Å²) in [6.07, 6.45) is 6.30. The van der Waals surface area contributed by atoms with Gasteiger partial charge in [0.1, 0.15) is 0 Å². The molecule has 0 bridgehead atoms. The van der Waals surface area contributed by atoms with E-state index in [-0.39, 0.29) is 18.0 Å². The van der Waals surface area contributed by atoms with Crippen LogP contribution in [-0.2, 0) is 0 Å². The van der Waals surface area contributed by atoms with Gasteiger partial charge in [-0.05, 0) is 80.4 Å². The van der Waals surface area contributed by atoms with Gasteiger partial charge in [-0.2, -0.15) is 0 Å². The number of nitrogens with zero attached hydrogens (tertiary/aromatic N) is 2. The molecule has 0 radical (unpaired) electrons. The van der Waals surface area contributed by atoms with E-state index in [1.165, 1.54) is 11.1 Å². The second kappa shape index (κ2) is 14.9. The second-order valence-electron chi connectivity index (χ2n) is 11.6. The van der Waals surface area contributed by atoms with Crippen molar-refractivity contribution in [1.82, 2.24) is 15.5 Å². The van der Waals surface area contributed by atoms with Crippen molar-refractivity contribution < 1.29 is 9.59 Å². The lowest BCUT2D eigenvalue weighted by Crippen LogP contribution is -2.41. The summed E-state index contributed by atoms with van der Waals surface area (Å²) in [5.41, 5.74) is 4.73. The zero-order valence-electron chi connectivity index (χ0n) is 24.9. The van der Waals surface area contributed by atoms with Crippen LogP contribution in [0.1, 0.15) is 73.0 Å². The smallest absolute Gasteiger partial charge is 0.319 e. The Hall–Kier alpha value is -3.84. The molecular weight excluding hydrogens is 522 g/mol. The van der Waals surface area contributed by atoms with E-state index in [4.69, 9.17) is 0 Å². The number of urea groups is 1. The molecule has 5 rings (SSSR count). The van der Waals surface area contributed by atoms with Gasteiger partial charge in [0.25, 0.3) is 5.91 Å². The van der Waals surface area contributed by atoms with Crippen LogP contribution < -0.4 is 20.9 Å². The Labute approximate surface area is 250 Å². The second-order valence-corrected chi connectivity index (χ2v) is 11.6. The van der Waals surface area contributed by atoms with Gasteiger partial charge in [-0.3, -0.25) is 9.69 Å². The van der Waals surface area contributed by atoms with Gasteiger partial charge >= 0.3 is 6.03 Å². The SMILES string of the molecule is CCCCNC(=O)Nc1ccc(N2CCCC2)cc1C(=O)NCC1CCN(C(c2ccccc2)c2ccccc2)CC1. The first-order valence-electron chi connectivity index (χ1n) is 15.7. The van der Waals surface area contributed by atoms with Crippen LogP contribution in [0.2, 0.25) is 0 Å². The highest BCUT2D eigenvalue weighted by Crippen LogP contribution is 2.32. The summed E-state index contributed by atoms with van der Waals surface area (Å²) < 4.78 is 0. The number of anilines is 2. The molecule has 3 aromatic rings. The number of nitrogens with one attached hydrogen (secondary N) is 3. The average molecular weight is 568 g/mol. The highest BCUT2D eigenvalue weighted by Gasteiger charge is 2.28. The van der Waals surface area contributed by atoms with Crippen molar-refractivity contribution in [3.63, 3.8) is 0 Å². The molecule has 0 aromatic heterocycles. The van der Waals surface area contributed by atoms with Gasteiger partial charge < -0.3 is 20.9 Å². The van der Waals surface area contributed by atoms with Crippen LogP contribution in [0, 0.1) is 5.92 Å². The van der Waals surface area contributed by atoms with Gasteiger partial charge in [-0.25, -0.2) is 4.79 Å². The molecule has 0 unspecified atom stereocenters. The van der Waals surface area contributed by atoms with Crippen molar-refractivity contribution in [2.75, 3.05) is 49.5 Å². The summed E-state index contributed by atoms with van der Waals surface area (Å²) in [4.78, 5) is 31.0. The zero-order valence-corrected chi connectivity index (χ0v) is 24.9. The minimum atomic E-state index is -0.273. The van der Waals surface area contributed by atoms with Crippen molar-refractivity contribution >= 4 is 23.3 Å². The molecule has 0 atom stereocenters. The quantitative estimate of drug-likeness (QED) is 0.233. The van der Waals surface area contributed by atoms with E-state index >= 15 is 0 Å². The van der Waals surface area contributed by atoms with Crippen molar-refractivity contribution in [3.05, 3.63) is 95.6 Å². The van der Waals surface area contributed by atoms with E-state index in [0.29, 0.717) is 30.3 Å². The Balaban J connectivity index is 1.22. The normalized spacial score (nSPS) is 16.0. The Morgan fingerprint density at radius 1 is 0.833 bits per heavy atom. The maximum Gasteiger partial charge on any atom is 0.319 e. The van der Waals surface area contributed by atoms with Crippen LogP contribution >= 0.6 is 0 Å². The number of piperidine rings is 1. The Bertz CT molecular complexity index is 1250. The van der Waals surface area contributed by atoms with Crippen LogP contribution in [0.15, 0.2) is 78.9 Å². The number of amides is 3. The van der Waals surface area contributed by atoms with Gasteiger partial charge in [0.15, 0.2) is 0 Å². The molecule has 2 aliphatic heterocycles. The number of hydrogen-bond acceptors (Lipinski definition) is 4. The van der Waals surface area contributed by atoms with Gasteiger partial charge in [0.05, 0.1) is 17.3 Å². The molecule has 7 heteroatoms. The predicted molar refractivity (Wildman–Crippen MR) is 171 cm³/mol. The topological polar surface area (TPSA) is 76.7 Å². The molecule has 2 saturated heterocycles. The monoisotopic (exact) mass is 567 g/mol. The number of likely N-dealkylation sites (tertiary alicyclic amines) is 1. The summed E-state index contributed by atoms with van der Waals surface area (Å²) in [7, 11) is 0. The third-order valence-electron chi connectivity index (χ3n) is 8.58. The lowest BCUT2D eigenvalue weighted by atomic mass is 9.91. The molecule has 2 heterocycles. The van der Waals surface area contributed by atoms with Crippen molar-refractivity contribution in [2.24, 2.45) is 5.92 Å². The Kier molecular flexibility index (Phi) is 10.5. The molecule has 0 saturated carbocycles. The number of hydrogen-bond donors (Lipinski definition) is 3. The van der Waals surface area contributed by atoms with Crippen LogP contribution in [-0.4, -0.2) is 56.1 Å². The summed E-state index contributed by atoms with van der Waals surface area (Å²) in [6.45, 7) is 7.28. The van der Waals surface area contributed by atoms with Gasteiger partial charge in [0, 0.05) is 31.9 Å². The van der Waals surface area contributed by atoms with E-state index in [0.717, 1.165) is 70.4 Å². The third-order valence-corrected chi connectivity index (χ3v) is 8.58. The van der Waals surface area contributed by atoms with Crippen molar-refractivity contribution in [1.29, 1.82) is 0 Å². The molecule has 3 N–H and O–H groups in total. The van der Waals surface area contributed by atoms with Gasteiger partial charge in [0.2, 0.25) is 0 Å². The third kappa shape index (κ3) is 7.71. The molecule has 3 aromatic carbocycles. The molecule has 42 heavy (non-hydrogen) atoms. The molecule has 222 valence electrons. The number of rotatable bonds is 11. The fourth-order valence-electron chi connectivity index (χ4n) is 6.18. The molecule has 0 aliphatic carbocycles. The Morgan fingerprint density at radius 3 is 2.10 bits per heavy atom. The number of benzene rings is 3. The molecule has 3 amide bonds. The van der Waals surface area contributed by atoms with E-state index in [9.17, 15) is 9.59 Å². The highest BCUT2D eigenvalue weighted by molar-refractivity contribution is 6.04. The Morgan fingerprint density at radius 2 is 1.48 bits per heavy atom. The molecule has 7 nitrogen and oxygen atoms in total.